The van der Waals surface area contributed by atoms with Crippen LogP contribution in [-0.4, -0.2) is 33.2 Å². The highest BCUT2D eigenvalue weighted by atomic mass is 127. The van der Waals surface area contributed by atoms with Gasteiger partial charge in [-0.05, 0) is 29.7 Å². The maximum absolute atomic E-state index is 13.2. The number of guanidine groups is 1. The Balaban J connectivity index is 0.00000312. The molecule has 0 aromatic heterocycles. The van der Waals surface area contributed by atoms with E-state index in [1.807, 2.05) is 36.4 Å². The number of rotatable bonds is 7. The lowest BCUT2D eigenvalue weighted by atomic mass is 10.1. The highest BCUT2D eigenvalue weighted by molar-refractivity contribution is 14.0. The number of halogens is 2. The number of hydrogen-bond acceptors (Lipinski definition) is 2. The third-order valence-electron chi connectivity index (χ3n) is 3.73. The Kier molecular flexibility index (Phi) is 10.1. The molecule has 0 spiro atoms. The first-order valence-electron chi connectivity index (χ1n) is 7.99. The van der Waals surface area contributed by atoms with Crippen molar-refractivity contribution < 1.29 is 9.13 Å². The zero-order chi connectivity index (χ0) is 17.2. The lowest BCUT2D eigenvalue weighted by molar-refractivity contribution is 0.106. The van der Waals surface area contributed by atoms with Gasteiger partial charge in [-0.15, -0.1) is 24.0 Å². The molecule has 0 saturated heterocycles. The van der Waals surface area contributed by atoms with Gasteiger partial charge in [-0.2, -0.15) is 0 Å². The van der Waals surface area contributed by atoms with Gasteiger partial charge in [0.05, 0.1) is 6.10 Å². The molecule has 0 amide bonds. The molecule has 0 bridgehead atoms. The summed E-state index contributed by atoms with van der Waals surface area (Å²) in [4.78, 5) is 4.20. The molecule has 0 aliphatic rings. The molecule has 6 heteroatoms. The number of nitrogens with zero attached hydrogens (tertiary/aromatic N) is 1. The molecular weight excluding hydrogens is 432 g/mol. The van der Waals surface area contributed by atoms with E-state index in [1.54, 1.807) is 26.3 Å². The molecule has 2 aromatic carbocycles. The van der Waals surface area contributed by atoms with Gasteiger partial charge in [0.25, 0.3) is 0 Å². The molecule has 0 heterocycles. The summed E-state index contributed by atoms with van der Waals surface area (Å²) in [7, 11) is 3.42. The normalized spacial score (nSPS) is 12.2. The third kappa shape index (κ3) is 7.39. The van der Waals surface area contributed by atoms with Crippen LogP contribution in [0.2, 0.25) is 0 Å². The van der Waals surface area contributed by atoms with Crippen molar-refractivity contribution in [2.24, 2.45) is 4.99 Å². The van der Waals surface area contributed by atoms with Crippen LogP contribution in [0.15, 0.2) is 59.6 Å². The first-order valence-corrected chi connectivity index (χ1v) is 7.99. The van der Waals surface area contributed by atoms with E-state index in [2.05, 4.69) is 15.6 Å². The Hall–Kier alpha value is -1.67. The van der Waals surface area contributed by atoms with Crippen LogP contribution in [0.1, 0.15) is 17.2 Å². The van der Waals surface area contributed by atoms with E-state index in [9.17, 15) is 4.39 Å². The molecule has 2 rings (SSSR count). The SMILES string of the molecule is CN=C(NCCc1cccc(F)c1)NCC(OC)c1ccccc1.I. The summed E-state index contributed by atoms with van der Waals surface area (Å²) in [5, 5.41) is 6.49. The maximum atomic E-state index is 13.2. The van der Waals surface area contributed by atoms with E-state index >= 15 is 0 Å². The number of ether oxygens (including phenoxy) is 1. The maximum Gasteiger partial charge on any atom is 0.191 e. The van der Waals surface area contributed by atoms with Crippen molar-refractivity contribution in [3.05, 3.63) is 71.5 Å². The fourth-order valence-electron chi connectivity index (χ4n) is 2.43. The van der Waals surface area contributed by atoms with Gasteiger partial charge in [-0.25, -0.2) is 4.39 Å². The summed E-state index contributed by atoms with van der Waals surface area (Å²) < 4.78 is 18.7. The highest BCUT2D eigenvalue weighted by Crippen LogP contribution is 2.14. The standard InChI is InChI=1S/C19H24FN3O.HI/c1-21-19(22-12-11-15-7-6-10-17(20)13-15)23-14-18(24-2)16-8-4-3-5-9-16;/h3-10,13,18H,11-12,14H2,1-2H3,(H2,21,22,23);1H. The van der Waals surface area contributed by atoms with Crippen molar-refractivity contribution >= 4 is 29.9 Å². The lowest BCUT2D eigenvalue weighted by Crippen LogP contribution is -2.40. The molecule has 2 N–H and O–H groups in total. The molecule has 0 radical (unpaired) electrons. The summed E-state index contributed by atoms with van der Waals surface area (Å²) in [5.41, 5.74) is 2.07. The van der Waals surface area contributed by atoms with Crippen molar-refractivity contribution in [2.75, 3.05) is 27.2 Å². The second-order valence-corrected chi connectivity index (χ2v) is 5.39. The van der Waals surface area contributed by atoms with Crippen molar-refractivity contribution in [2.45, 2.75) is 12.5 Å². The van der Waals surface area contributed by atoms with E-state index in [0.717, 1.165) is 17.5 Å². The highest BCUT2D eigenvalue weighted by Gasteiger charge is 2.10. The van der Waals surface area contributed by atoms with E-state index in [-0.39, 0.29) is 35.9 Å². The Morgan fingerprint density at radius 2 is 1.88 bits per heavy atom. The monoisotopic (exact) mass is 457 g/mol. The minimum atomic E-state index is -0.208. The molecular formula is C19H25FIN3O. The smallest absolute Gasteiger partial charge is 0.191 e. The molecule has 4 nitrogen and oxygen atoms in total. The zero-order valence-electron chi connectivity index (χ0n) is 14.5. The minimum absolute atomic E-state index is 0. The molecule has 0 aliphatic heterocycles. The van der Waals surface area contributed by atoms with Crippen LogP contribution in [-0.2, 0) is 11.2 Å². The van der Waals surface area contributed by atoms with Crippen LogP contribution < -0.4 is 10.6 Å². The molecule has 0 saturated carbocycles. The van der Waals surface area contributed by atoms with Gasteiger partial charge in [0.1, 0.15) is 5.82 Å². The van der Waals surface area contributed by atoms with Crippen molar-refractivity contribution in [3.8, 4) is 0 Å². The van der Waals surface area contributed by atoms with E-state index in [4.69, 9.17) is 4.74 Å². The van der Waals surface area contributed by atoms with Crippen molar-refractivity contribution in [1.82, 2.24) is 10.6 Å². The Morgan fingerprint density at radius 3 is 2.52 bits per heavy atom. The number of benzene rings is 2. The predicted octanol–water partition coefficient (Wildman–Crippen LogP) is 3.54. The van der Waals surface area contributed by atoms with Gasteiger partial charge < -0.3 is 15.4 Å². The molecule has 25 heavy (non-hydrogen) atoms. The van der Waals surface area contributed by atoms with Gasteiger partial charge in [0, 0.05) is 27.2 Å². The largest absolute Gasteiger partial charge is 0.375 e. The van der Waals surface area contributed by atoms with E-state index < -0.39 is 0 Å². The number of aliphatic imine (C=N–C) groups is 1. The molecule has 2 aromatic rings. The van der Waals surface area contributed by atoms with Crippen LogP contribution in [0.4, 0.5) is 4.39 Å². The Bertz CT molecular complexity index is 652. The van der Waals surface area contributed by atoms with Crippen LogP contribution in [0.5, 0.6) is 0 Å². The first kappa shape index (κ1) is 21.4. The van der Waals surface area contributed by atoms with E-state index in [0.29, 0.717) is 19.0 Å². The molecule has 1 atom stereocenters. The average Bonchev–Trinajstić information content (AvgIpc) is 2.61. The topological polar surface area (TPSA) is 45.7 Å². The van der Waals surface area contributed by atoms with Crippen LogP contribution in [0, 0.1) is 5.82 Å². The predicted molar refractivity (Wildman–Crippen MR) is 111 cm³/mol. The average molecular weight is 457 g/mol. The van der Waals surface area contributed by atoms with Gasteiger partial charge in [-0.3, -0.25) is 4.99 Å². The molecule has 1 unspecified atom stereocenters. The van der Waals surface area contributed by atoms with Gasteiger partial charge >= 0.3 is 0 Å². The van der Waals surface area contributed by atoms with Gasteiger partial charge in [-0.1, -0.05) is 42.5 Å². The first-order chi connectivity index (χ1) is 11.7. The number of nitrogens with one attached hydrogen (secondary N) is 2. The Morgan fingerprint density at radius 1 is 1.12 bits per heavy atom. The quantitative estimate of drug-likeness (QED) is 0.380. The lowest BCUT2D eigenvalue weighted by Gasteiger charge is -2.18. The van der Waals surface area contributed by atoms with Gasteiger partial charge in [0.15, 0.2) is 5.96 Å². The second-order valence-electron chi connectivity index (χ2n) is 5.39. The van der Waals surface area contributed by atoms with E-state index in [1.165, 1.54) is 6.07 Å². The molecule has 0 aliphatic carbocycles. The fraction of sp³-hybridized carbons (Fsp3) is 0.316. The summed E-state index contributed by atoms with van der Waals surface area (Å²) in [6.07, 6.45) is 0.679. The van der Waals surface area contributed by atoms with Crippen molar-refractivity contribution in [3.63, 3.8) is 0 Å². The zero-order valence-corrected chi connectivity index (χ0v) is 16.9. The van der Waals surface area contributed by atoms with Crippen LogP contribution in [0.25, 0.3) is 0 Å². The molecule has 0 fully saturated rings. The summed E-state index contributed by atoms with van der Waals surface area (Å²) in [5.74, 6) is 0.491. The van der Waals surface area contributed by atoms with Gasteiger partial charge in [0.2, 0.25) is 0 Å². The summed E-state index contributed by atoms with van der Waals surface area (Å²) >= 11 is 0. The Labute approximate surface area is 165 Å². The number of methoxy groups -OCH3 is 1. The van der Waals surface area contributed by atoms with Crippen molar-refractivity contribution in [1.29, 1.82) is 0 Å². The number of hydrogen-bond donors (Lipinski definition) is 2. The fourth-order valence-corrected chi connectivity index (χ4v) is 2.43. The second kappa shape index (κ2) is 11.8. The summed E-state index contributed by atoms with van der Waals surface area (Å²) in [6.45, 7) is 1.28. The third-order valence-corrected chi connectivity index (χ3v) is 3.73. The minimum Gasteiger partial charge on any atom is -0.375 e. The molecule has 136 valence electrons. The van der Waals surface area contributed by atoms with Crippen LogP contribution in [0.3, 0.4) is 0 Å². The summed E-state index contributed by atoms with van der Waals surface area (Å²) in [6, 6.07) is 16.7. The van der Waals surface area contributed by atoms with Crippen LogP contribution >= 0.6 is 24.0 Å².